The Morgan fingerprint density at radius 2 is 2.06 bits per heavy atom. The predicted molar refractivity (Wildman–Crippen MR) is 65.8 cm³/mol. The number of aromatic nitrogens is 3. The number of benzene rings is 1. The van der Waals surface area contributed by atoms with Gasteiger partial charge in [-0.3, -0.25) is 5.10 Å². The van der Waals surface area contributed by atoms with Gasteiger partial charge in [0.2, 0.25) is 0 Å². The molecule has 0 bridgehead atoms. The summed E-state index contributed by atoms with van der Waals surface area (Å²) in [6, 6.07) is 10.3. The molecule has 3 nitrogen and oxygen atoms in total. The Hall–Kier alpha value is -2.29. The molecule has 78 valence electrons. The Labute approximate surface area is 92.8 Å². The highest BCUT2D eigenvalue weighted by Gasteiger charge is 1.94. The van der Waals surface area contributed by atoms with Crippen molar-refractivity contribution in [1.82, 2.24) is 15.2 Å². The Morgan fingerprint density at radius 3 is 2.94 bits per heavy atom. The van der Waals surface area contributed by atoms with Crippen molar-refractivity contribution >= 4 is 23.1 Å². The van der Waals surface area contributed by atoms with Gasteiger partial charge in [0.25, 0.3) is 0 Å². The Bertz CT molecular complexity index is 617. The minimum atomic E-state index is 1.01. The van der Waals surface area contributed by atoms with Crippen LogP contribution in [-0.4, -0.2) is 15.2 Å². The number of H-pyrrole nitrogens is 2. The Morgan fingerprint density at radius 1 is 1.06 bits per heavy atom. The number of aromatic amines is 2. The van der Waals surface area contributed by atoms with E-state index in [1.807, 2.05) is 18.3 Å². The lowest BCUT2D eigenvalue weighted by Crippen LogP contribution is -1.74. The maximum atomic E-state index is 3.89. The molecule has 0 amide bonds. The van der Waals surface area contributed by atoms with Crippen molar-refractivity contribution in [1.29, 1.82) is 0 Å². The van der Waals surface area contributed by atoms with Crippen LogP contribution in [0.3, 0.4) is 0 Å². The van der Waals surface area contributed by atoms with E-state index in [9.17, 15) is 0 Å². The summed E-state index contributed by atoms with van der Waals surface area (Å²) in [6.07, 6.45) is 7.77. The van der Waals surface area contributed by atoms with Crippen LogP contribution in [0.2, 0.25) is 0 Å². The highest BCUT2D eigenvalue weighted by atomic mass is 15.1. The summed E-state index contributed by atoms with van der Waals surface area (Å²) in [6.45, 7) is 0. The van der Waals surface area contributed by atoms with Gasteiger partial charge >= 0.3 is 0 Å². The molecule has 2 aromatic heterocycles. The average Bonchev–Trinajstić information content (AvgIpc) is 2.97. The summed E-state index contributed by atoms with van der Waals surface area (Å²) in [4.78, 5) is 3.20. The molecule has 3 aromatic rings. The van der Waals surface area contributed by atoms with E-state index >= 15 is 0 Å². The number of hydrogen-bond acceptors (Lipinski definition) is 1. The van der Waals surface area contributed by atoms with Crippen molar-refractivity contribution in [3.63, 3.8) is 0 Å². The average molecular weight is 209 g/mol. The summed E-state index contributed by atoms with van der Waals surface area (Å²) in [5.41, 5.74) is 3.34. The molecule has 0 atom stereocenters. The lowest BCUT2D eigenvalue weighted by atomic mass is 10.1. The van der Waals surface area contributed by atoms with Crippen LogP contribution in [0, 0.1) is 0 Å². The maximum absolute atomic E-state index is 3.89. The summed E-state index contributed by atoms with van der Waals surface area (Å²) in [5, 5.41) is 8.02. The molecule has 0 saturated heterocycles. The fourth-order valence-corrected chi connectivity index (χ4v) is 1.71. The normalized spacial score (nSPS) is 11.5. The molecule has 3 rings (SSSR count). The first kappa shape index (κ1) is 8.97. The first-order valence-electron chi connectivity index (χ1n) is 5.16. The second-order valence-electron chi connectivity index (χ2n) is 3.67. The van der Waals surface area contributed by atoms with E-state index in [2.05, 4.69) is 45.5 Å². The van der Waals surface area contributed by atoms with Crippen LogP contribution in [0.1, 0.15) is 11.3 Å². The van der Waals surface area contributed by atoms with Gasteiger partial charge in [-0.1, -0.05) is 18.2 Å². The fourth-order valence-electron chi connectivity index (χ4n) is 1.71. The van der Waals surface area contributed by atoms with Gasteiger partial charge in [0.1, 0.15) is 0 Å². The molecule has 16 heavy (non-hydrogen) atoms. The molecule has 0 spiro atoms. The molecule has 2 heterocycles. The summed E-state index contributed by atoms with van der Waals surface area (Å²) >= 11 is 0. The first-order chi connectivity index (χ1) is 7.92. The maximum Gasteiger partial charge on any atom is 0.0577 e. The van der Waals surface area contributed by atoms with Gasteiger partial charge in [-0.25, -0.2) is 0 Å². The molecular weight excluding hydrogens is 198 g/mol. The minimum Gasteiger partial charge on any atom is -0.361 e. The van der Waals surface area contributed by atoms with Crippen molar-refractivity contribution in [3.8, 4) is 0 Å². The molecule has 2 N–H and O–H groups in total. The van der Waals surface area contributed by atoms with Crippen molar-refractivity contribution < 1.29 is 0 Å². The van der Waals surface area contributed by atoms with Gasteiger partial charge in [-0.2, -0.15) is 5.10 Å². The summed E-state index contributed by atoms with van der Waals surface area (Å²) in [7, 11) is 0. The largest absolute Gasteiger partial charge is 0.361 e. The molecule has 0 unspecified atom stereocenters. The van der Waals surface area contributed by atoms with Gasteiger partial charge in [-0.05, 0) is 35.2 Å². The van der Waals surface area contributed by atoms with Crippen molar-refractivity contribution in [3.05, 3.63) is 54.0 Å². The monoisotopic (exact) mass is 209 g/mol. The van der Waals surface area contributed by atoms with Crippen LogP contribution in [0.4, 0.5) is 0 Å². The van der Waals surface area contributed by atoms with Crippen molar-refractivity contribution in [2.75, 3.05) is 0 Å². The predicted octanol–water partition coefficient (Wildman–Crippen LogP) is 3.06. The first-order valence-corrected chi connectivity index (χ1v) is 5.16. The Kier molecular flexibility index (Phi) is 2.07. The van der Waals surface area contributed by atoms with Crippen LogP contribution in [0.25, 0.3) is 23.1 Å². The highest BCUT2D eigenvalue weighted by molar-refractivity contribution is 5.83. The molecule has 3 heteroatoms. The van der Waals surface area contributed by atoms with E-state index in [0.717, 1.165) is 11.2 Å². The number of fused-ring (bicyclic) bond motifs is 1. The quantitative estimate of drug-likeness (QED) is 0.669. The zero-order valence-corrected chi connectivity index (χ0v) is 8.64. The lowest BCUT2D eigenvalue weighted by Gasteiger charge is -1.94. The van der Waals surface area contributed by atoms with Crippen LogP contribution in [0.15, 0.2) is 42.7 Å². The van der Waals surface area contributed by atoms with Gasteiger partial charge in [-0.15, -0.1) is 0 Å². The van der Waals surface area contributed by atoms with Gasteiger partial charge in [0, 0.05) is 17.9 Å². The fraction of sp³-hybridized carbons (Fsp3) is 0. The molecule has 0 fully saturated rings. The highest BCUT2D eigenvalue weighted by Crippen LogP contribution is 2.15. The van der Waals surface area contributed by atoms with Crippen LogP contribution in [0.5, 0.6) is 0 Å². The molecule has 0 radical (unpaired) electrons. The van der Waals surface area contributed by atoms with Crippen LogP contribution in [-0.2, 0) is 0 Å². The third-order valence-corrected chi connectivity index (χ3v) is 2.56. The minimum absolute atomic E-state index is 1.01. The second kappa shape index (κ2) is 3.70. The topological polar surface area (TPSA) is 44.5 Å². The van der Waals surface area contributed by atoms with E-state index in [1.54, 1.807) is 6.20 Å². The van der Waals surface area contributed by atoms with E-state index in [1.165, 1.54) is 10.9 Å². The standard InChI is InChI=1S/C13H11N3/c1-3-11-5-7-14-13(11)9-10(1)2-4-12-6-8-15-16-12/h1-9,14H,(H,15,16)/b4-2+. The summed E-state index contributed by atoms with van der Waals surface area (Å²) < 4.78 is 0. The third-order valence-electron chi connectivity index (χ3n) is 2.56. The molecule has 0 aliphatic carbocycles. The van der Waals surface area contributed by atoms with Gasteiger partial charge < -0.3 is 4.98 Å². The number of hydrogen-bond donors (Lipinski definition) is 2. The third kappa shape index (κ3) is 1.63. The molecule has 0 aliphatic heterocycles. The zero-order chi connectivity index (χ0) is 10.8. The zero-order valence-electron chi connectivity index (χ0n) is 8.64. The van der Waals surface area contributed by atoms with Crippen LogP contribution < -0.4 is 0 Å². The second-order valence-corrected chi connectivity index (χ2v) is 3.67. The van der Waals surface area contributed by atoms with E-state index < -0.39 is 0 Å². The van der Waals surface area contributed by atoms with Gasteiger partial charge in [0.15, 0.2) is 0 Å². The number of nitrogens with one attached hydrogen (secondary N) is 2. The van der Waals surface area contributed by atoms with E-state index in [-0.39, 0.29) is 0 Å². The smallest absolute Gasteiger partial charge is 0.0577 e. The Balaban J connectivity index is 1.94. The van der Waals surface area contributed by atoms with Crippen molar-refractivity contribution in [2.45, 2.75) is 0 Å². The molecule has 1 aromatic carbocycles. The SMILES string of the molecule is C(=C\c1ccn[nH]1)/c1ccc2cc[nH]c2c1. The van der Waals surface area contributed by atoms with E-state index in [0.29, 0.717) is 0 Å². The number of nitrogens with zero attached hydrogens (tertiary/aromatic N) is 1. The molecule has 0 aliphatic rings. The lowest BCUT2D eigenvalue weighted by molar-refractivity contribution is 1.08. The molecular formula is C13H11N3. The summed E-state index contributed by atoms with van der Waals surface area (Å²) in [5.74, 6) is 0. The molecule has 0 saturated carbocycles. The number of rotatable bonds is 2. The van der Waals surface area contributed by atoms with Crippen molar-refractivity contribution in [2.24, 2.45) is 0 Å². The van der Waals surface area contributed by atoms with E-state index in [4.69, 9.17) is 0 Å². The van der Waals surface area contributed by atoms with Crippen LogP contribution >= 0.6 is 0 Å². The van der Waals surface area contributed by atoms with Gasteiger partial charge in [0.05, 0.1) is 5.69 Å².